The molecule has 2 N–H and O–H groups in total. The van der Waals surface area contributed by atoms with Gasteiger partial charge < -0.3 is 5.73 Å². The highest BCUT2D eigenvalue weighted by Crippen LogP contribution is 2.21. The molecule has 0 fully saturated rings. The summed E-state index contributed by atoms with van der Waals surface area (Å²) in [4.78, 5) is 1.59. The molecule has 5 heteroatoms. The molecule has 3 aromatic rings. The van der Waals surface area contributed by atoms with Gasteiger partial charge in [0.25, 0.3) is 0 Å². The Kier molecular flexibility index (Phi) is 3.99. The van der Waals surface area contributed by atoms with Gasteiger partial charge in [0.2, 0.25) is 0 Å². The second-order valence-electron chi connectivity index (χ2n) is 4.80. The third-order valence-corrected chi connectivity index (χ3v) is 3.64. The van der Waals surface area contributed by atoms with E-state index in [9.17, 15) is 0 Å². The summed E-state index contributed by atoms with van der Waals surface area (Å²) in [5, 5.41) is 9.43. The van der Waals surface area contributed by atoms with Gasteiger partial charge in [-0.2, -0.15) is 15.0 Å². The van der Waals surface area contributed by atoms with Crippen LogP contribution < -0.4 is 5.73 Å². The Morgan fingerprint density at radius 3 is 2.52 bits per heavy atom. The van der Waals surface area contributed by atoms with Crippen molar-refractivity contribution < 1.29 is 0 Å². The minimum absolute atomic E-state index is 0.234. The number of nitrogens with zero attached hydrogens (tertiary/aromatic N) is 3. The van der Waals surface area contributed by atoms with Gasteiger partial charge in [-0.1, -0.05) is 48.0 Å². The summed E-state index contributed by atoms with van der Waals surface area (Å²) in [5.41, 5.74) is 8.89. The van der Waals surface area contributed by atoms with E-state index in [1.54, 1.807) is 11.0 Å². The molecule has 0 saturated heterocycles. The first-order valence-corrected chi connectivity index (χ1v) is 7.08. The quantitative estimate of drug-likeness (QED) is 0.805. The number of halogens is 1. The number of rotatable bonds is 4. The number of hydrogen-bond acceptors (Lipinski definition) is 3. The van der Waals surface area contributed by atoms with Crippen molar-refractivity contribution in [2.24, 2.45) is 5.73 Å². The minimum atomic E-state index is -0.234. The van der Waals surface area contributed by atoms with E-state index in [1.807, 2.05) is 54.6 Å². The largest absolute Gasteiger partial charge is 0.322 e. The third-order valence-electron chi connectivity index (χ3n) is 3.27. The lowest BCUT2D eigenvalue weighted by molar-refractivity contribution is 0.666. The van der Waals surface area contributed by atoms with E-state index in [2.05, 4.69) is 10.2 Å². The maximum Gasteiger partial charge on any atom is 0.100 e. The fraction of sp³-hybridized carbons (Fsp3) is 0.125. The van der Waals surface area contributed by atoms with Gasteiger partial charge in [-0.3, -0.25) is 0 Å². The smallest absolute Gasteiger partial charge is 0.100 e. The molecule has 3 rings (SSSR count). The zero-order valence-electron chi connectivity index (χ0n) is 11.4. The first kappa shape index (κ1) is 13.8. The molecule has 2 aromatic carbocycles. The SMILES string of the molecule is NC(Cc1ccccc1Cl)c1cnn(-c2ccccc2)n1. The Labute approximate surface area is 128 Å². The molecule has 0 aliphatic rings. The maximum atomic E-state index is 6.21. The van der Waals surface area contributed by atoms with Crippen molar-refractivity contribution in [1.82, 2.24) is 15.0 Å². The fourth-order valence-electron chi connectivity index (χ4n) is 2.14. The summed E-state index contributed by atoms with van der Waals surface area (Å²) < 4.78 is 0. The van der Waals surface area contributed by atoms with Crippen LogP contribution in [0.15, 0.2) is 60.8 Å². The molecule has 21 heavy (non-hydrogen) atoms. The van der Waals surface area contributed by atoms with E-state index in [4.69, 9.17) is 17.3 Å². The van der Waals surface area contributed by atoms with Crippen molar-refractivity contribution in [3.8, 4) is 5.69 Å². The lowest BCUT2D eigenvalue weighted by Crippen LogP contribution is -2.14. The number of para-hydroxylation sites is 1. The van der Waals surface area contributed by atoms with Crippen molar-refractivity contribution in [3.63, 3.8) is 0 Å². The van der Waals surface area contributed by atoms with Gasteiger partial charge in [-0.15, -0.1) is 0 Å². The van der Waals surface area contributed by atoms with Gasteiger partial charge in [-0.25, -0.2) is 0 Å². The zero-order chi connectivity index (χ0) is 14.7. The van der Waals surface area contributed by atoms with E-state index in [1.165, 1.54) is 0 Å². The van der Waals surface area contributed by atoms with Gasteiger partial charge in [0.05, 0.1) is 17.9 Å². The molecule has 0 bridgehead atoms. The number of hydrogen-bond donors (Lipinski definition) is 1. The molecule has 0 amide bonds. The van der Waals surface area contributed by atoms with Crippen LogP contribution in [-0.4, -0.2) is 15.0 Å². The second kappa shape index (κ2) is 6.08. The lowest BCUT2D eigenvalue weighted by Gasteiger charge is -2.09. The number of aromatic nitrogens is 3. The van der Waals surface area contributed by atoms with Gasteiger partial charge >= 0.3 is 0 Å². The molecular weight excluding hydrogens is 284 g/mol. The molecule has 1 heterocycles. The first-order chi connectivity index (χ1) is 10.2. The standard InChI is InChI=1S/C16H15ClN4/c17-14-9-5-4-6-12(14)10-15(18)16-11-19-21(20-16)13-7-2-1-3-8-13/h1-9,11,15H,10,18H2. The monoisotopic (exact) mass is 298 g/mol. The van der Waals surface area contributed by atoms with Crippen LogP contribution in [0, 0.1) is 0 Å². The van der Waals surface area contributed by atoms with Gasteiger partial charge in [0.15, 0.2) is 0 Å². The van der Waals surface area contributed by atoms with Crippen LogP contribution in [0.1, 0.15) is 17.3 Å². The topological polar surface area (TPSA) is 56.7 Å². The first-order valence-electron chi connectivity index (χ1n) is 6.70. The summed E-state index contributed by atoms with van der Waals surface area (Å²) in [7, 11) is 0. The van der Waals surface area contributed by atoms with Gasteiger partial charge in [0, 0.05) is 5.02 Å². The predicted octanol–water partition coefficient (Wildman–Crippen LogP) is 3.16. The second-order valence-corrected chi connectivity index (χ2v) is 5.20. The van der Waals surface area contributed by atoms with Crippen molar-refractivity contribution in [2.45, 2.75) is 12.5 Å². The summed E-state index contributed by atoms with van der Waals surface area (Å²) >= 11 is 6.16. The molecule has 1 aromatic heterocycles. The van der Waals surface area contributed by atoms with Crippen LogP contribution in [0.2, 0.25) is 5.02 Å². The Hall–Kier alpha value is -2.17. The van der Waals surface area contributed by atoms with Crippen LogP contribution in [0.25, 0.3) is 5.69 Å². The Morgan fingerprint density at radius 2 is 1.76 bits per heavy atom. The maximum absolute atomic E-state index is 6.21. The Morgan fingerprint density at radius 1 is 1.05 bits per heavy atom. The van der Waals surface area contributed by atoms with Crippen LogP contribution in [-0.2, 0) is 6.42 Å². The van der Waals surface area contributed by atoms with Crippen LogP contribution in [0.5, 0.6) is 0 Å². The number of benzene rings is 2. The van der Waals surface area contributed by atoms with E-state index < -0.39 is 0 Å². The highest BCUT2D eigenvalue weighted by Gasteiger charge is 2.13. The molecule has 0 radical (unpaired) electrons. The third kappa shape index (κ3) is 3.12. The van der Waals surface area contributed by atoms with E-state index in [0.717, 1.165) is 22.0 Å². The van der Waals surface area contributed by atoms with Crippen LogP contribution in [0.3, 0.4) is 0 Å². The lowest BCUT2D eigenvalue weighted by atomic mass is 10.0. The summed E-state index contributed by atoms with van der Waals surface area (Å²) in [6.07, 6.45) is 2.33. The highest BCUT2D eigenvalue weighted by atomic mass is 35.5. The normalized spacial score (nSPS) is 12.3. The molecule has 0 spiro atoms. The molecule has 0 aliphatic carbocycles. The van der Waals surface area contributed by atoms with Crippen molar-refractivity contribution in [3.05, 3.63) is 77.1 Å². The van der Waals surface area contributed by atoms with E-state index in [-0.39, 0.29) is 6.04 Å². The highest BCUT2D eigenvalue weighted by molar-refractivity contribution is 6.31. The van der Waals surface area contributed by atoms with Crippen molar-refractivity contribution >= 4 is 11.6 Å². The van der Waals surface area contributed by atoms with Crippen molar-refractivity contribution in [1.29, 1.82) is 0 Å². The van der Waals surface area contributed by atoms with Gasteiger partial charge in [-0.05, 0) is 30.2 Å². The molecule has 1 atom stereocenters. The molecule has 0 aliphatic heterocycles. The van der Waals surface area contributed by atoms with Crippen molar-refractivity contribution in [2.75, 3.05) is 0 Å². The summed E-state index contributed by atoms with van der Waals surface area (Å²) in [6.45, 7) is 0. The average Bonchev–Trinajstić information content (AvgIpc) is 3.00. The molecule has 4 nitrogen and oxygen atoms in total. The average molecular weight is 299 g/mol. The summed E-state index contributed by atoms with van der Waals surface area (Å²) in [5.74, 6) is 0. The number of nitrogens with two attached hydrogens (primary N) is 1. The van der Waals surface area contributed by atoms with E-state index in [0.29, 0.717) is 6.42 Å². The molecule has 0 saturated carbocycles. The zero-order valence-corrected chi connectivity index (χ0v) is 12.1. The Bertz CT molecular complexity index is 724. The molecular formula is C16H15ClN4. The Balaban J connectivity index is 1.79. The molecule has 1 unspecified atom stereocenters. The summed E-state index contributed by atoms with van der Waals surface area (Å²) in [6, 6.07) is 17.2. The van der Waals surface area contributed by atoms with E-state index >= 15 is 0 Å². The van der Waals surface area contributed by atoms with Gasteiger partial charge in [0.1, 0.15) is 5.69 Å². The molecule has 106 valence electrons. The fourth-order valence-corrected chi connectivity index (χ4v) is 2.35. The minimum Gasteiger partial charge on any atom is -0.322 e. The van der Waals surface area contributed by atoms with Crippen LogP contribution >= 0.6 is 11.6 Å². The predicted molar refractivity (Wildman–Crippen MR) is 83.4 cm³/mol. The van der Waals surface area contributed by atoms with Crippen LogP contribution in [0.4, 0.5) is 0 Å².